The first kappa shape index (κ1) is 12.1. The quantitative estimate of drug-likeness (QED) is 0.808. The molecule has 0 bridgehead atoms. The molecule has 2 aromatic rings. The van der Waals surface area contributed by atoms with Gasteiger partial charge in [-0.25, -0.2) is 4.98 Å². The molecule has 0 aromatic carbocycles. The number of fused-ring (bicyclic) bond motifs is 1. The number of aryl methyl sites for hydroxylation is 1. The number of aromatic nitrogens is 2. The van der Waals surface area contributed by atoms with Gasteiger partial charge < -0.3 is 0 Å². The molecule has 2 heterocycles. The first-order valence-electron chi connectivity index (χ1n) is 5.55. The van der Waals surface area contributed by atoms with E-state index in [1.165, 1.54) is 11.4 Å². The SMILES string of the molecule is CCc1csc2nc(CC(C)(C)C)c(Br)n12. The number of imidazole rings is 1. The molecule has 0 unspecified atom stereocenters. The van der Waals surface area contributed by atoms with Crippen LogP contribution >= 0.6 is 27.3 Å². The van der Waals surface area contributed by atoms with Crippen LogP contribution in [0.5, 0.6) is 0 Å². The fourth-order valence-corrected chi connectivity index (χ4v) is 3.51. The lowest BCUT2D eigenvalue weighted by atomic mass is 9.91. The van der Waals surface area contributed by atoms with E-state index in [4.69, 9.17) is 4.98 Å². The highest BCUT2D eigenvalue weighted by Crippen LogP contribution is 2.30. The van der Waals surface area contributed by atoms with Crippen molar-refractivity contribution < 1.29 is 0 Å². The maximum Gasteiger partial charge on any atom is 0.195 e. The summed E-state index contributed by atoms with van der Waals surface area (Å²) in [5, 5.41) is 2.19. The molecule has 0 N–H and O–H groups in total. The smallest absolute Gasteiger partial charge is 0.195 e. The number of thiazole rings is 1. The van der Waals surface area contributed by atoms with Gasteiger partial charge in [0.25, 0.3) is 0 Å². The molecule has 0 aliphatic carbocycles. The molecule has 0 saturated heterocycles. The summed E-state index contributed by atoms with van der Waals surface area (Å²) in [4.78, 5) is 5.80. The molecule has 2 rings (SSSR count). The zero-order chi connectivity index (χ0) is 11.9. The van der Waals surface area contributed by atoms with Gasteiger partial charge in [0.05, 0.1) is 5.69 Å². The lowest BCUT2D eigenvalue weighted by Gasteiger charge is -2.16. The first-order valence-corrected chi connectivity index (χ1v) is 7.23. The predicted octanol–water partition coefficient (Wildman–Crippen LogP) is 4.31. The van der Waals surface area contributed by atoms with Gasteiger partial charge in [-0.1, -0.05) is 27.7 Å². The van der Waals surface area contributed by atoms with Gasteiger partial charge in [0.2, 0.25) is 0 Å². The summed E-state index contributed by atoms with van der Waals surface area (Å²) in [5.74, 6) is 0. The maximum absolute atomic E-state index is 4.70. The van der Waals surface area contributed by atoms with E-state index < -0.39 is 0 Å². The van der Waals surface area contributed by atoms with E-state index in [0.717, 1.165) is 22.4 Å². The third-order valence-corrected chi connectivity index (χ3v) is 4.19. The van der Waals surface area contributed by atoms with Gasteiger partial charge in [-0.15, -0.1) is 11.3 Å². The van der Waals surface area contributed by atoms with Gasteiger partial charge in [0.15, 0.2) is 4.96 Å². The molecule has 0 fully saturated rings. The minimum atomic E-state index is 0.277. The minimum absolute atomic E-state index is 0.277. The first-order chi connectivity index (χ1) is 7.42. The lowest BCUT2D eigenvalue weighted by molar-refractivity contribution is 0.406. The third kappa shape index (κ3) is 2.18. The summed E-state index contributed by atoms with van der Waals surface area (Å²) in [6.45, 7) is 8.91. The van der Waals surface area contributed by atoms with Crippen LogP contribution in [0.15, 0.2) is 9.98 Å². The number of rotatable bonds is 2. The Labute approximate surface area is 109 Å². The Balaban J connectivity index is 2.49. The molecule has 4 heteroatoms. The van der Waals surface area contributed by atoms with Crippen molar-refractivity contribution in [2.45, 2.75) is 40.5 Å². The molecular weight excluding hydrogens is 284 g/mol. The van der Waals surface area contributed by atoms with Gasteiger partial charge in [-0.2, -0.15) is 0 Å². The highest BCUT2D eigenvalue weighted by atomic mass is 79.9. The Hall–Kier alpha value is -0.350. The summed E-state index contributed by atoms with van der Waals surface area (Å²) in [6.07, 6.45) is 2.05. The standard InChI is InChI=1S/C12H17BrN2S/c1-5-8-7-16-11-14-9(6-12(2,3)4)10(13)15(8)11/h7H,5-6H2,1-4H3. The van der Waals surface area contributed by atoms with Crippen molar-refractivity contribution in [3.05, 3.63) is 21.4 Å². The monoisotopic (exact) mass is 300 g/mol. The van der Waals surface area contributed by atoms with Crippen molar-refractivity contribution in [3.8, 4) is 0 Å². The zero-order valence-corrected chi connectivity index (χ0v) is 12.6. The van der Waals surface area contributed by atoms with Crippen LogP contribution in [0.2, 0.25) is 0 Å². The van der Waals surface area contributed by atoms with E-state index in [9.17, 15) is 0 Å². The highest BCUT2D eigenvalue weighted by Gasteiger charge is 2.19. The van der Waals surface area contributed by atoms with E-state index in [-0.39, 0.29) is 5.41 Å². The molecule has 0 spiro atoms. The van der Waals surface area contributed by atoms with Gasteiger partial charge >= 0.3 is 0 Å². The molecule has 0 atom stereocenters. The topological polar surface area (TPSA) is 17.3 Å². The Morgan fingerprint density at radius 3 is 2.69 bits per heavy atom. The molecular formula is C12H17BrN2S. The van der Waals surface area contributed by atoms with E-state index in [0.29, 0.717) is 0 Å². The molecule has 0 saturated carbocycles. The highest BCUT2D eigenvalue weighted by molar-refractivity contribution is 9.10. The molecule has 88 valence electrons. The van der Waals surface area contributed by atoms with E-state index >= 15 is 0 Å². The summed E-state index contributed by atoms with van der Waals surface area (Å²) in [6, 6.07) is 0. The summed E-state index contributed by atoms with van der Waals surface area (Å²) < 4.78 is 3.36. The Kier molecular flexibility index (Phi) is 3.14. The largest absolute Gasteiger partial charge is 0.281 e. The van der Waals surface area contributed by atoms with Crippen molar-refractivity contribution in [3.63, 3.8) is 0 Å². The van der Waals surface area contributed by atoms with Crippen LogP contribution in [0, 0.1) is 5.41 Å². The minimum Gasteiger partial charge on any atom is -0.281 e. The normalized spacial score (nSPS) is 12.6. The van der Waals surface area contributed by atoms with Gasteiger partial charge in [-0.3, -0.25) is 4.40 Å². The zero-order valence-electron chi connectivity index (χ0n) is 10.2. The summed E-state index contributed by atoms with van der Waals surface area (Å²) in [5.41, 5.74) is 2.78. The van der Waals surface area contributed by atoms with Crippen LogP contribution in [-0.2, 0) is 12.8 Å². The number of hydrogen-bond acceptors (Lipinski definition) is 2. The van der Waals surface area contributed by atoms with Crippen molar-refractivity contribution in [2.24, 2.45) is 5.41 Å². The number of nitrogens with zero attached hydrogens (tertiary/aromatic N) is 2. The molecule has 2 aromatic heterocycles. The average Bonchev–Trinajstić information content (AvgIpc) is 2.67. The molecule has 0 aliphatic heterocycles. The van der Waals surface area contributed by atoms with E-state index in [2.05, 4.69) is 53.4 Å². The maximum atomic E-state index is 4.70. The van der Waals surface area contributed by atoms with Crippen molar-refractivity contribution >= 4 is 32.2 Å². The molecule has 2 nitrogen and oxygen atoms in total. The van der Waals surface area contributed by atoms with Gasteiger partial charge in [0.1, 0.15) is 4.60 Å². The van der Waals surface area contributed by atoms with Crippen LogP contribution in [0.25, 0.3) is 4.96 Å². The Morgan fingerprint density at radius 1 is 1.44 bits per heavy atom. The second-order valence-electron chi connectivity index (χ2n) is 5.29. The van der Waals surface area contributed by atoms with Crippen LogP contribution in [0.4, 0.5) is 0 Å². The van der Waals surface area contributed by atoms with Gasteiger partial charge in [-0.05, 0) is 34.2 Å². The lowest BCUT2D eigenvalue weighted by Crippen LogP contribution is -2.10. The van der Waals surface area contributed by atoms with Crippen LogP contribution in [0.3, 0.4) is 0 Å². The fraction of sp³-hybridized carbons (Fsp3) is 0.583. The Morgan fingerprint density at radius 2 is 2.12 bits per heavy atom. The van der Waals surface area contributed by atoms with Crippen LogP contribution in [-0.4, -0.2) is 9.38 Å². The fourth-order valence-electron chi connectivity index (χ4n) is 1.78. The predicted molar refractivity (Wildman–Crippen MR) is 73.3 cm³/mol. The van der Waals surface area contributed by atoms with E-state index in [1.807, 2.05) is 0 Å². The molecule has 16 heavy (non-hydrogen) atoms. The van der Waals surface area contributed by atoms with Crippen LogP contribution < -0.4 is 0 Å². The number of hydrogen-bond donors (Lipinski definition) is 0. The second-order valence-corrected chi connectivity index (χ2v) is 6.87. The van der Waals surface area contributed by atoms with Gasteiger partial charge in [0, 0.05) is 11.1 Å². The van der Waals surface area contributed by atoms with E-state index in [1.54, 1.807) is 11.3 Å². The van der Waals surface area contributed by atoms with Crippen molar-refractivity contribution in [2.75, 3.05) is 0 Å². The Bertz CT molecular complexity index is 505. The van der Waals surface area contributed by atoms with Crippen LogP contribution in [0.1, 0.15) is 39.1 Å². The summed E-state index contributed by atoms with van der Waals surface area (Å²) >= 11 is 5.40. The van der Waals surface area contributed by atoms with Crippen molar-refractivity contribution in [1.29, 1.82) is 0 Å². The second kappa shape index (κ2) is 4.15. The number of halogens is 1. The molecule has 0 radical (unpaired) electrons. The average molecular weight is 301 g/mol. The third-order valence-electron chi connectivity index (χ3n) is 2.50. The molecule has 0 aliphatic rings. The van der Waals surface area contributed by atoms with Crippen molar-refractivity contribution in [1.82, 2.24) is 9.38 Å². The summed E-state index contributed by atoms with van der Waals surface area (Å²) in [7, 11) is 0. The molecule has 0 amide bonds.